The fraction of sp³-hybridized carbons (Fsp3) is 0.240. The molecule has 1 fully saturated rings. The van der Waals surface area contributed by atoms with Crippen molar-refractivity contribution in [3.63, 3.8) is 0 Å². The molecule has 0 bridgehead atoms. The van der Waals surface area contributed by atoms with Crippen molar-refractivity contribution >= 4 is 11.8 Å². The van der Waals surface area contributed by atoms with Gasteiger partial charge >= 0.3 is 0 Å². The van der Waals surface area contributed by atoms with E-state index < -0.39 is 0 Å². The Hall–Kier alpha value is -3.51. The standard InChI is InChI=1S/C25H26N4O2/c30-24(22-7-3-1-4-8-22)28-19-17-27(16-13-21-11-14-26-15-12-21)18-20-29(28)25(31)23-9-5-2-6-10-23/h1-12,14-15H,13,16-20H2. The van der Waals surface area contributed by atoms with E-state index >= 15 is 0 Å². The van der Waals surface area contributed by atoms with Crippen molar-refractivity contribution in [2.45, 2.75) is 6.42 Å². The first-order chi connectivity index (χ1) is 15.2. The molecular formula is C25H26N4O2. The second-order valence-corrected chi connectivity index (χ2v) is 7.54. The van der Waals surface area contributed by atoms with Gasteiger partial charge in [0.2, 0.25) is 0 Å². The first-order valence-corrected chi connectivity index (χ1v) is 10.6. The smallest absolute Gasteiger partial charge is 0.272 e. The van der Waals surface area contributed by atoms with Gasteiger partial charge in [0.05, 0.1) is 13.1 Å². The normalized spacial score (nSPS) is 14.8. The van der Waals surface area contributed by atoms with Crippen molar-refractivity contribution in [3.05, 3.63) is 102 Å². The molecule has 1 aliphatic rings. The van der Waals surface area contributed by atoms with Crippen molar-refractivity contribution in [1.29, 1.82) is 0 Å². The van der Waals surface area contributed by atoms with Crippen LogP contribution in [0, 0.1) is 0 Å². The molecule has 2 amide bonds. The Bertz CT molecular complexity index is 934. The third-order valence-corrected chi connectivity index (χ3v) is 5.52. The van der Waals surface area contributed by atoms with Crippen LogP contribution in [0.3, 0.4) is 0 Å². The Morgan fingerprint density at radius 2 is 1.16 bits per heavy atom. The summed E-state index contributed by atoms with van der Waals surface area (Å²) in [6.07, 6.45) is 4.51. The molecule has 1 aliphatic heterocycles. The summed E-state index contributed by atoms with van der Waals surface area (Å²) in [7, 11) is 0. The minimum atomic E-state index is -0.152. The van der Waals surface area contributed by atoms with Crippen molar-refractivity contribution in [2.75, 3.05) is 32.7 Å². The van der Waals surface area contributed by atoms with E-state index in [0.29, 0.717) is 37.3 Å². The van der Waals surface area contributed by atoms with Crippen LogP contribution in [0.25, 0.3) is 0 Å². The number of rotatable bonds is 5. The first kappa shape index (κ1) is 20.8. The Labute approximate surface area is 182 Å². The first-order valence-electron chi connectivity index (χ1n) is 10.6. The fourth-order valence-corrected chi connectivity index (χ4v) is 3.77. The third kappa shape index (κ3) is 5.16. The molecule has 6 heteroatoms. The molecule has 0 spiro atoms. The highest BCUT2D eigenvalue weighted by Gasteiger charge is 2.30. The molecule has 3 aromatic rings. The van der Waals surface area contributed by atoms with Gasteiger partial charge in [-0.1, -0.05) is 36.4 Å². The molecule has 31 heavy (non-hydrogen) atoms. The quantitative estimate of drug-likeness (QED) is 0.644. The SMILES string of the molecule is O=C(c1ccccc1)N1CCN(CCc2ccncc2)CCN1C(=O)c1ccccc1. The van der Waals surface area contributed by atoms with E-state index in [-0.39, 0.29) is 11.8 Å². The van der Waals surface area contributed by atoms with Crippen molar-refractivity contribution in [3.8, 4) is 0 Å². The third-order valence-electron chi connectivity index (χ3n) is 5.52. The van der Waals surface area contributed by atoms with E-state index in [1.807, 2.05) is 48.5 Å². The Morgan fingerprint density at radius 3 is 1.65 bits per heavy atom. The molecule has 158 valence electrons. The molecule has 0 radical (unpaired) electrons. The molecule has 1 saturated heterocycles. The largest absolute Gasteiger partial charge is 0.299 e. The summed E-state index contributed by atoms with van der Waals surface area (Å²) < 4.78 is 0. The summed E-state index contributed by atoms with van der Waals surface area (Å²) in [5.41, 5.74) is 2.39. The van der Waals surface area contributed by atoms with Crippen molar-refractivity contribution in [2.24, 2.45) is 0 Å². The summed E-state index contributed by atoms with van der Waals surface area (Å²) >= 11 is 0. The zero-order valence-corrected chi connectivity index (χ0v) is 17.4. The molecule has 0 unspecified atom stereocenters. The van der Waals surface area contributed by atoms with Gasteiger partial charge in [0.15, 0.2) is 0 Å². The van der Waals surface area contributed by atoms with E-state index in [9.17, 15) is 9.59 Å². The predicted octanol–water partition coefficient (Wildman–Crippen LogP) is 3.14. The average molecular weight is 415 g/mol. The number of carbonyl (C=O) groups is 2. The summed E-state index contributed by atoms with van der Waals surface area (Å²) in [5, 5.41) is 3.22. The molecular weight excluding hydrogens is 388 g/mol. The Morgan fingerprint density at radius 1 is 0.677 bits per heavy atom. The van der Waals surface area contributed by atoms with Gasteiger partial charge < -0.3 is 0 Å². The number of aromatic nitrogens is 1. The number of hydrogen-bond donors (Lipinski definition) is 0. The summed E-state index contributed by atoms with van der Waals surface area (Å²) in [6.45, 7) is 3.21. The van der Waals surface area contributed by atoms with Crippen LogP contribution in [-0.2, 0) is 6.42 Å². The Balaban J connectivity index is 1.53. The minimum Gasteiger partial charge on any atom is -0.299 e. The predicted molar refractivity (Wildman–Crippen MR) is 119 cm³/mol. The van der Waals surface area contributed by atoms with E-state index in [4.69, 9.17) is 0 Å². The molecule has 0 saturated carbocycles. The molecule has 4 rings (SSSR count). The monoisotopic (exact) mass is 414 g/mol. The average Bonchev–Trinajstić information content (AvgIpc) is 3.06. The molecule has 1 aromatic heterocycles. The highest BCUT2D eigenvalue weighted by molar-refractivity contribution is 5.99. The summed E-state index contributed by atoms with van der Waals surface area (Å²) in [5.74, 6) is -0.304. The molecule has 2 aromatic carbocycles. The van der Waals surface area contributed by atoms with Gasteiger partial charge in [-0.05, 0) is 48.4 Å². The second kappa shape index (κ2) is 10.00. The fourth-order valence-electron chi connectivity index (χ4n) is 3.77. The van der Waals surface area contributed by atoms with Gasteiger partial charge in [0.1, 0.15) is 0 Å². The van der Waals surface area contributed by atoms with Gasteiger partial charge in [0.25, 0.3) is 11.8 Å². The van der Waals surface area contributed by atoms with Crippen LogP contribution in [0.1, 0.15) is 26.3 Å². The van der Waals surface area contributed by atoms with Gasteiger partial charge in [-0.3, -0.25) is 19.5 Å². The van der Waals surface area contributed by atoms with Gasteiger partial charge in [-0.15, -0.1) is 0 Å². The maximum absolute atomic E-state index is 13.3. The van der Waals surface area contributed by atoms with E-state index in [1.165, 1.54) is 5.56 Å². The van der Waals surface area contributed by atoms with E-state index in [2.05, 4.69) is 9.88 Å². The topological polar surface area (TPSA) is 56.8 Å². The van der Waals surface area contributed by atoms with Gasteiger partial charge in [-0.25, -0.2) is 10.0 Å². The molecule has 0 aliphatic carbocycles. The molecule has 0 atom stereocenters. The zero-order valence-electron chi connectivity index (χ0n) is 17.4. The highest BCUT2D eigenvalue weighted by Crippen LogP contribution is 2.15. The van der Waals surface area contributed by atoms with Crippen LogP contribution < -0.4 is 0 Å². The summed E-state index contributed by atoms with van der Waals surface area (Å²) in [6, 6.07) is 22.3. The lowest BCUT2D eigenvalue weighted by atomic mass is 10.2. The van der Waals surface area contributed by atoms with Crippen molar-refractivity contribution in [1.82, 2.24) is 19.9 Å². The zero-order chi connectivity index (χ0) is 21.5. The number of amides is 2. The lowest BCUT2D eigenvalue weighted by Crippen LogP contribution is -2.50. The maximum atomic E-state index is 13.3. The number of benzene rings is 2. The molecule has 6 nitrogen and oxygen atoms in total. The van der Waals surface area contributed by atoms with Crippen LogP contribution in [-0.4, -0.2) is 64.4 Å². The van der Waals surface area contributed by atoms with Crippen LogP contribution in [0.5, 0.6) is 0 Å². The van der Waals surface area contributed by atoms with Crippen molar-refractivity contribution < 1.29 is 9.59 Å². The van der Waals surface area contributed by atoms with Gasteiger partial charge in [0, 0.05) is 43.2 Å². The number of carbonyl (C=O) groups excluding carboxylic acids is 2. The molecule has 2 heterocycles. The van der Waals surface area contributed by atoms with Gasteiger partial charge in [-0.2, -0.15) is 0 Å². The number of pyridine rings is 1. The number of hydrogen-bond acceptors (Lipinski definition) is 4. The lowest BCUT2D eigenvalue weighted by molar-refractivity contribution is 0.00286. The minimum absolute atomic E-state index is 0.152. The van der Waals surface area contributed by atoms with Crippen LogP contribution >= 0.6 is 0 Å². The van der Waals surface area contributed by atoms with Crippen LogP contribution in [0.2, 0.25) is 0 Å². The summed E-state index contributed by atoms with van der Waals surface area (Å²) in [4.78, 5) is 33.0. The maximum Gasteiger partial charge on any atom is 0.272 e. The van der Waals surface area contributed by atoms with E-state index in [0.717, 1.165) is 13.0 Å². The highest BCUT2D eigenvalue weighted by atomic mass is 16.2. The second-order valence-electron chi connectivity index (χ2n) is 7.54. The lowest BCUT2D eigenvalue weighted by Gasteiger charge is -2.33. The molecule has 0 N–H and O–H groups in total. The van der Waals surface area contributed by atoms with Crippen LogP contribution in [0.4, 0.5) is 0 Å². The number of hydrazine groups is 1. The van der Waals surface area contributed by atoms with Crippen LogP contribution in [0.15, 0.2) is 85.2 Å². The Kier molecular flexibility index (Phi) is 6.69. The number of nitrogens with zero attached hydrogens (tertiary/aromatic N) is 4. The van der Waals surface area contributed by atoms with E-state index in [1.54, 1.807) is 46.7 Å².